The molecule has 0 radical (unpaired) electrons. The van der Waals surface area contributed by atoms with Gasteiger partial charge in [-0.3, -0.25) is 14.5 Å². The number of phenols is 1. The van der Waals surface area contributed by atoms with Gasteiger partial charge in [-0.25, -0.2) is 14.4 Å². The van der Waals surface area contributed by atoms with Crippen LogP contribution in [0.5, 0.6) is 11.8 Å². The molecule has 1 aliphatic rings. The number of halogens is 1. The van der Waals surface area contributed by atoms with Gasteiger partial charge in [0.1, 0.15) is 24.2 Å². The van der Waals surface area contributed by atoms with Crippen molar-refractivity contribution in [1.82, 2.24) is 29.5 Å². The molecule has 1 aromatic carbocycles. The molecule has 0 bridgehead atoms. The summed E-state index contributed by atoms with van der Waals surface area (Å²) in [5.41, 5.74) is 4.23. The van der Waals surface area contributed by atoms with Gasteiger partial charge in [-0.05, 0) is 43.2 Å². The number of benzene rings is 1. The highest BCUT2D eigenvalue weighted by molar-refractivity contribution is 5.86. The van der Waals surface area contributed by atoms with Crippen molar-refractivity contribution >= 4 is 17.0 Å². The molecule has 0 saturated carbocycles. The Morgan fingerprint density at radius 2 is 1.95 bits per heavy atom. The molecule has 38 heavy (non-hydrogen) atoms. The lowest BCUT2D eigenvalue weighted by molar-refractivity contribution is 0.326. The topological polar surface area (TPSA) is 135 Å². The van der Waals surface area contributed by atoms with Crippen molar-refractivity contribution < 1.29 is 14.2 Å². The summed E-state index contributed by atoms with van der Waals surface area (Å²) >= 11 is 0. The van der Waals surface area contributed by atoms with Crippen molar-refractivity contribution in [1.29, 1.82) is 5.26 Å². The standard InChI is InChI=1S/C27H21FN8O2/c1-15-14-38-27-33-23-25(34-24(35-26(23)36(15)27)19-8-20(28)13-31-12-19)32-5-4-16-2-3-22(37)21(7-16)18-6-17(9-29)10-30-11-18/h2-3,6-8,10-13,15,37H,4-5,14H2,1H3,(H,32,34,35)/t15-/m1/s1. The van der Waals surface area contributed by atoms with Crippen molar-refractivity contribution in [2.45, 2.75) is 19.4 Å². The molecular formula is C27H21FN8O2. The summed E-state index contributed by atoms with van der Waals surface area (Å²) in [5.74, 6) is 0.447. The van der Waals surface area contributed by atoms with Crippen LogP contribution in [0.25, 0.3) is 33.7 Å². The molecule has 0 saturated heterocycles. The molecule has 5 heterocycles. The molecule has 1 atom stereocenters. The van der Waals surface area contributed by atoms with E-state index in [-0.39, 0.29) is 11.8 Å². The Balaban J connectivity index is 1.30. The average molecular weight is 509 g/mol. The molecule has 0 fully saturated rings. The third kappa shape index (κ3) is 4.22. The number of nitriles is 1. The molecule has 4 aromatic heterocycles. The molecular weight excluding hydrogens is 487 g/mol. The third-order valence-electron chi connectivity index (χ3n) is 6.31. The summed E-state index contributed by atoms with van der Waals surface area (Å²) in [6.45, 7) is 3.00. The highest BCUT2D eigenvalue weighted by Crippen LogP contribution is 2.34. The predicted molar refractivity (Wildman–Crippen MR) is 137 cm³/mol. The Morgan fingerprint density at radius 1 is 1.11 bits per heavy atom. The number of hydrogen-bond donors (Lipinski definition) is 2. The number of fused-ring (bicyclic) bond motifs is 3. The Kier molecular flexibility index (Phi) is 5.76. The lowest BCUT2D eigenvalue weighted by atomic mass is 10.0. The molecule has 188 valence electrons. The van der Waals surface area contributed by atoms with Gasteiger partial charge in [0.2, 0.25) is 0 Å². The summed E-state index contributed by atoms with van der Waals surface area (Å²) in [6, 6.07) is 10.9. The second-order valence-corrected chi connectivity index (χ2v) is 8.99. The predicted octanol–water partition coefficient (Wildman–Crippen LogP) is 4.27. The fourth-order valence-electron chi connectivity index (χ4n) is 4.45. The van der Waals surface area contributed by atoms with E-state index in [9.17, 15) is 14.8 Å². The number of nitrogens with one attached hydrogen (secondary N) is 1. The number of pyridine rings is 2. The van der Waals surface area contributed by atoms with Crippen LogP contribution in [0.1, 0.15) is 24.1 Å². The first kappa shape index (κ1) is 23.3. The molecule has 0 amide bonds. The highest BCUT2D eigenvalue weighted by Gasteiger charge is 2.27. The van der Waals surface area contributed by atoms with Crippen LogP contribution in [0.3, 0.4) is 0 Å². The van der Waals surface area contributed by atoms with Crippen molar-refractivity contribution in [2.24, 2.45) is 0 Å². The average Bonchev–Trinajstić information content (AvgIpc) is 3.49. The van der Waals surface area contributed by atoms with Crippen LogP contribution in [-0.2, 0) is 6.42 Å². The minimum atomic E-state index is -0.477. The van der Waals surface area contributed by atoms with Gasteiger partial charge in [0.05, 0.1) is 17.8 Å². The number of aromatic hydroxyl groups is 1. The molecule has 6 rings (SSSR count). The number of ether oxygens (including phenoxy) is 1. The Labute approximate surface area is 216 Å². The lowest BCUT2D eigenvalue weighted by Crippen LogP contribution is -2.10. The molecule has 0 spiro atoms. The number of phenolic OH excluding ortho intramolecular Hbond substituents is 1. The van der Waals surface area contributed by atoms with Gasteiger partial charge in [0.15, 0.2) is 22.8 Å². The first-order chi connectivity index (χ1) is 18.5. The molecule has 0 aliphatic carbocycles. The van der Waals surface area contributed by atoms with Crippen LogP contribution in [-0.4, -0.2) is 47.7 Å². The molecule has 11 heteroatoms. The van der Waals surface area contributed by atoms with Crippen molar-refractivity contribution in [2.75, 3.05) is 18.5 Å². The number of rotatable bonds is 6. The van der Waals surface area contributed by atoms with Crippen LogP contribution in [0.4, 0.5) is 10.2 Å². The van der Waals surface area contributed by atoms with E-state index in [2.05, 4.69) is 36.3 Å². The minimum absolute atomic E-state index is 0.0423. The third-order valence-corrected chi connectivity index (χ3v) is 6.31. The fourth-order valence-corrected chi connectivity index (χ4v) is 4.45. The van der Waals surface area contributed by atoms with Crippen LogP contribution >= 0.6 is 0 Å². The minimum Gasteiger partial charge on any atom is -0.507 e. The summed E-state index contributed by atoms with van der Waals surface area (Å²) in [7, 11) is 0. The van der Waals surface area contributed by atoms with Crippen LogP contribution in [0.2, 0.25) is 0 Å². The number of anilines is 1. The van der Waals surface area contributed by atoms with E-state index in [1.54, 1.807) is 18.3 Å². The maximum absolute atomic E-state index is 13.9. The largest absolute Gasteiger partial charge is 0.507 e. The monoisotopic (exact) mass is 508 g/mol. The van der Waals surface area contributed by atoms with Gasteiger partial charge < -0.3 is 15.2 Å². The Morgan fingerprint density at radius 3 is 2.79 bits per heavy atom. The maximum atomic E-state index is 13.9. The number of aromatic nitrogens is 6. The molecule has 2 N–H and O–H groups in total. The highest BCUT2D eigenvalue weighted by atomic mass is 19.1. The summed E-state index contributed by atoms with van der Waals surface area (Å²) in [4.78, 5) is 21.9. The van der Waals surface area contributed by atoms with Gasteiger partial charge >= 0.3 is 0 Å². The number of hydrogen-bond acceptors (Lipinski definition) is 9. The van der Waals surface area contributed by atoms with Crippen molar-refractivity contribution in [3.05, 3.63) is 72.1 Å². The normalized spacial score (nSPS) is 14.2. The zero-order valence-electron chi connectivity index (χ0n) is 20.3. The quantitative estimate of drug-likeness (QED) is 0.345. The van der Waals surface area contributed by atoms with E-state index in [1.807, 2.05) is 23.6 Å². The van der Waals surface area contributed by atoms with Gasteiger partial charge in [-0.2, -0.15) is 10.2 Å². The Hall–Kier alpha value is -5.11. The lowest BCUT2D eigenvalue weighted by Gasteiger charge is -2.11. The van der Waals surface area contributed by atoms with Crippen LogP contribution in [0.15, 0.2) is 55.1 Å². The van der Waals surface area contributed by atoms with Gasteiger partial charge in [-0.15, -0.1) is 0 Å². The molecule has 5 aromatic rings. The number of nitrogens with zero attached hydrogens (tertiary/aromatic N) is 7. The van der Waals surface area contributed by atoms with Crippen LogP contribution < -0.4 is 10.1 Å². The maximum Gasteiger partial charge on any atom is 0.299 e. The number of imidazole rings is 1. The molecule has 1 aliphatic heterocycles. The zero-order valence-corrected chi connectivity index (χ0v) is 20.3. The first-order valence-electron chi connectivity index (χ1n) is 11.9. The van der Waals surface area contributed by atoms with Gasteiger partial charge in [-0.1, -0.05) is 6.07 Å². The van der Waals surface area contributed by atoms with E-state index in [0.717, 1.165) is 11.8 Å². The molecule has 10 nitrogen and oxygen atoms in total. The summed E-state index contributed by atoms with van der Waals surface area (Å²) in [6.07, 6.45) is 6.33. The van der Waals surface area contributed by atoms with Crippen LogP contribution in [0, 0.1) is 17.1 Å². The van der Waals surface area contributed by atoms with E-state index in [4.69, 9.17) is 4.74 Å². The zero-order chi connectivity index (χ0) is 26.2. The van der Waals surface area contributed by atoms with E-state index in [0.29, 0.717) is 70.6 Å². The summed E-state index contributed by atoms with van der Waals surface area (Å²) < 4.78 is 21.5. The second-order valence-electron chi connectivity index (χ2n) is 8.99. The van der Waals surface area contributed by atoms with E-state index < -0.39 is 5.82 Å². The van der Waals surface area contributed by atoms with Gasteiger partial charge in [0.25, 0.3) is 6.01 Å². The van der Waals surface area contributed by atoms with E-state index >= 15 is 0 Å². The second kappa shape index (κ2) is 9.40. The smallest absolute Gasteiger partial charge is 0.299 e. The fraction of sp³-hybridized carbons (Fsp3) is 0.185. The summed E-state index contributed by atoms with van der Waals surface area (Å²) in [5, 5.41) is 22.9. The van der Waals surface area contributed by atoms with Crippen molar-refractivity contribution in [3.63, 3.8) is 0 Å². The SMILES string of the molecule is C[C@@H]1COc2nc3c(NCCc4ccc(O)c(-c5cncc(C#N)c5)c4)nc(-c4cncc(F)c4)nc3n21. The van der Waals surface area contributed by atoms with Crippen molar-refractivity contribution in [3.8, 4) is 40.3 Å². The van der Waals surface area contributed by atoms with E-state index in [1.165, 1.54) is 18.5 Å². The van der Waals surface area contributed by atoms with Gasteiger partial charge in [0, 0.05) is 41.8 Å². The Bertz CT molecular complexity index is 1730. The first-order valence-corrected chi connectivity index (χ1v) is 11.9. The molecule has 0 unspecified atom stereocenters.